The molecule has 0 saturated carbocycles. The van der Waals surface area contributed by atoms with Crippen molar-refractivity contribution in [3.8, 4) is 11.3 Å². The Morgan fingerprint density at radius 2 is 1.89 bits per heavy atom. The average Bonchev–Trinajstić information content (AvgIpc) is 3.37. The first-order valence-electron chi connectivity index (χ1n) is 9.09. The molecule has 3 aromatic heterocycles. The van der Waals surface area contributed by atoms with E-state index in [1.54, 1.807) is 6.33 Å². The lowest BCUT2D eigenvalue weighted by Gasteiger charge is -2.32. The van der Waals surface area contributed by atoms with Crippen molar-refractivity contribution < 1.29 is 4.52 Å². The second-order valence-corrected chi connectivity index (χ2v) is 6.78. The van der Waals surface area contributed by atoms with Crippen LogP contribution in [0.2, 0.25) is 0 Å². The van der Waals surface area contributed by atoms with Crippen LogP contribution in [0, 0.1) is 6.92 Å². The van der Waals surface area contributed by atoms with Gasteiger partial charge in [-0.05, 0) is 19.8 Å². The quantitative estimate of drug-likeness (QED) is 0.554. The van der Waals surface area contributed by atoms with Crippen LogP contribution in [0.3, 0.4) is 0 Å². The average molecular weight is 361 g/mol. The Morgan fingerprint density at radius 1 is 1.07 bits per heavy atom. The van der Waals surface area contributed by atoms with E-state index in [1.165, 1.54) is 0 Å². The second kappa shape index (κ2) is 6.46. The number of fused-ring (bicyclic) bond motifs is 1. The molecule has 0 amide bonds. The Balaban J connectivity index is 1.45. The van der Waals surface area contributed by atoms with Crippen molar-refractivity contribution in [1.29, 1.82) is 0 Å². The van der Waals surface area contributed by atoms with Crippen molar-refractivity contribution >= 4 is 11.6 Å². The Morgan fingerprint density at radius 3 is 2.63 bits per heavy atom. The van der Waals surface area contributed by atoms with Gasteiger partial charge in [0.2, 0.25) is 5.89 Å². The van der Waals surface area contributed by atoms with Crippen molar-refractivity contribution in [3.05, 3.63) is 54.4 Å². The molecule has 1 aliphatic rings. The number of benzene rings is 1. The summed E-state index contributed by atoms with van der Waals surface area (Å²) in [6.45, 7) is 3.63. The van der Waals surface area contributed by atoms with E-state index in [4.69, 9.17) is 4.52 Å². The van der Waals surface area contributed by atoms with Crippen LogP contribution >= 0.6 is 0 Å². The maximum Gasteiger partial charge on any atom is 0.254 e. The van der Waals surface area contributed by atoms with Gasteiger partial charge in [-0.15, -0.1) is 0 Å². The van der Waals surface area contributed by atoms with Gasteiger partial charge in [0, 0.05) is 30.6 Å². The Bertz CT molecular complexity index is 1060. The lowest BCUT2D eigenvalue weighted by Crippen LogP contribution is -2.34. The summed E-state index contributed by atoms with van der Waals surface area (Å²) >= 11 is 0. The lowest BCUT2D eigenvalue weighted by molar-refractivity contribution is 0.327. The monoisotopic (exact) mass is 361 g/mol. The summed E-state index contributed by atoms with van der Waals surface area (Å²) in [5.74, 6) is 3.37. The molecule has 1 saturated heterocycles. The summed E-state index contributed by atoms with van der Waals surface area (Å²) in [4.78, 5) is 15.7. The third-order valence-electron chi connectivity index (χ3n) is 5.01. The SMILES string of the molecule is Cc1noc(C2CCN(c3cc(-c4ccccc4)nc4ncnn34)CC2)n1. The van der Waals surface area contributed by atoms with E-state index >= 15 is 0 Å². The summed E-state index contributed by atoms with van der Waals surface area (Å²) in [6.07, 6.45) is 3.47. The molecule has 0 atom stereocenters. The number of hydrogen-bond acceptors (Lipinski definition) is 7. The van der Waals surface area contributed by atoms with Crippen molar-refractivity contribution in [2.45, 2.75) is 25.7 Å². The first-order chi connectivity index (χ1) is 13.3. The molecule has 0 radical (unpaired) electrons. The fourth-order valence-electron chi connectivity index (χ4n) is 3.61. The van der Waals surface area contributed by atoms with Crippen molar-refractivity contribution in [2.75, 3.05) is 18.0 Å². The molecule has 8 nitrogen and oxygen atoms in total. The van der Waals surface area contributed by atoms with E-state index in [2.05, 4.69) is 48.3 Å². The van der Waals surface area contributed by atoms with Gasteiger partial charge in [-0.3, -0.25) is 0 Å². The minimum Gasteiger partial charge on any atom is -0.356 e. The highest BCUT2D eigenvalue weighted by Gasteiger charge is 2.26. The van der Waals surface area contributed by atoms with Gasteiger partial charge in [0.25, 0.3) is 5.78 Å². The van der Waals surface area contributed by atoms with Crippen molar-refractivity contribution in [3.63, 3.8) is 0 Å². The van der Waals surface area contributed by atoms with Gasteiger partial charge in [-0.25, -0.2) is 4.98 Å². The van der Waals surface area contributed by atoms with Gasteiger partial charge < -0.3 is 9.42 Å². The smallest absolute Gasteiger partial charge is 0.254 e. The zero-order valence-corrected chi connectivity index (χ0v) is 15.0. The Labute approximate surface area is 155 Å². The molecule has 4 heterocycles. The molecule has 0 spiro atoms. The Kier molecular flexibility index (Phi) is 3.81. The molecule has 4 aromatic rings. The zero-order chi connectivity index (χ0) is 18.2. The molecule has 1 fully saturated rings. The van der Waals surface area contributed by atoms with Crippen molar-refractivity contribution in [2.24, 2.45) is 0 Å². The van der Waals surface area contributed by atoms with Gasteiger partial charge in [0.15, 0.2) is 5.82 Å². The highest BCUT2D eigenvalue weighted by molar-refractivity contribution is 5.65. The maximum absolute atomic E-state index is 5.36. The van der Waals surface area contributed by atoms with E-state index in [1.807, 2.05) is 29.6 Å². The first kappa shape index (κ1) is 15.9. The van der Waals surface area contributed by atoms with Gasteiger partial charge in [0.05, 0.1) is 5.69 Å². The molecule has 0 bridgehead atoms. The molecule has 1 aromatic carbocycles. The molecule has 5 rings (SSSR count). The molecule has 27 heavy (non-hydrogen) atoms. The van der Waals surface area contributed by atoms with E-state index < -0.39 is 0 Å². The number of aromatic nitrogens is 6. The second-order valence-electron chi connectivity index (χ2n) is 6.78. The normalized spacial score (nSPS) is 15.5. The third kappa shape index (κ3) is 2.92. The molecular formula is C19H19N7O. The summed E-state index contributed by atoms with van der Waals surface area (Å²) in [6, 6.07) is 12.2. The highest BCUT2D eigenvalue weighted by Crippen LogP contribution is 2.31. The predicted octanol–water partition coefficient (Wildman–Crippen LogP) is 2.87. The minimum absolute atomic E-state index is 0.309. The molecule has 8 heteroatoms. The molecule has 1 aliphatic heterocycles. The van der Waals surface area contributed by atoms with Crippen LogP contribution in [0.25, 0.3) is 17.0 Å². The van der Waals surface area contributed by atoms with Crippen LogP contribution in [0.5, 0.6) is 0 Å². The van der Waals surface area contributed by atoms with Crippen LogP contribution in [-0.2, 0) is 0 Å². The molecule has 0 aliphatic carbocycles. The van der Waals surface area contributed by atoms with E-state index in [-0.39, 0.29) is 0 Å². The number of aryl methyl sites for hydroxylation is 1. The number of rotatable bonds is 3. The molecule has 136 valence electrons. The molecule has 0 N–H and O–H groups in total. The van der Waals surface area contributed by atoms with E-state index in [0.29, 0.717) is 17.5 Å². The van der Waals surface area contributed by atoms with Gasteiger partial charge >= 0.3 is 0 Å². The van der Waals surface area contributed by atoms with Crippen LogP contribution in [0.1, 0.15) is 30.5 Å². The van der Waals surface area contributed by atoms with Gasteiger partial charge in [-0.2, -0.15) is 19.6 Å². The zero-order valence-electron chi connectivity index (χ0n) is 15.0. The standard InChI is InChI=1S/C19H19N7O/c1-13-22-18(27-24-13)15-7-9-25(10-8-15)17-11-16(14-5-3-2-4-6-14)23-19-20-12-21-26(17)19/h2-6,11-12,15H,7-10H2,1H3. The Hall–Kier alpha value is -3.29. The minimum atomic E-state index is 0.309. The summed E-state index contributed by atoms with van der Waals surface area (Å²) < 4.78 is 7.17. The summed E-state index contributed by atoms with van der Waals surface area (Å²) in [7, 11) is 0. The first-order valence-corrected chi connectivity index (χ1v) is 9.09. The fraction of sp³-hybridized carbons (Fsp3) is 0.316. The van der Waals surface area contributed by atoms with Crippen LogP contribution in [0.15, 0.2) is 47.2 Å². The number of nitrogens with zero attached hydrogens (tertiary/aromatic N) is 7. The summed E-state index contributed by atoms with van der Waals surface area (Å²) in [5, 5.41) is 8.29. The van der Waals surface area contributed by atoms with Gasteiger partial charge in [-0.1, -0.05) is 35.5 Å². The van der Waals surface area contributed by atoms with Gasteiger partial charge in [0.1, 0.15) is 12.1 Å². The number of anilines is 1. The highest BCUT2D eigenvalue weighted by atomic mass is 16.5. The predicted molar refractivity (Wildman–Crippen MR) is 99.4 cm³/mol. The maximum atomic E-state index is 5.36. The molecule has 0 unspecified atom stereocenters. The van der Waals surface area contributed by atoms with Crippen molar-refractivity contribution in [1.82, 2.24) is 29.7 Å². The lowest BCUT2D eigenvalue weighted by atomic mass is 9.96. The number of hydrogen-bond donors (Lipinski definition) is 0. The topological polar surface area (TPSA) is 85.2 Å². The van der Waals surface area contributed by atoms with E-state index in [0.717, 1.165) is 48.9 Å². The van der Waals surface area contributed by atoms with Crippen LogP contribution in [-0.4, -0.2) is 42.8 Å². The van der Waals surface area contributed by atoms with Crippen LogP contribution in [0.4, 0.5) is 5.82 Å². The molecular weight excluding hydrogens is 342 g/mol. The third-order valence-corrected chi connectivity index (χ3v) is 5.01. The summed E-state index contributed by atoms with van der Waals surface area (Å²) in [5.41, 5.74) is 1.97. The number of piperidine rings is 1. The van der Waals surface area contributed by atoms with E-state index in [9.17, 15) is 0 Å². The largest absolute Gasteiger partial charge is 0.356 e. The van der Waals surface area contributed by atoms with Crippen LogP contribution < -0.4 is 4.90 Å². The fourth-order valence-corrected chi connectivity index (χ4v) is 3.61.